The Hall–Kier alpha value is -3.93. The number of rotatable bonds is 8. The van der Waals surface area contributed by atoms with Crippen LogP contribution in [0, 0.1) is 11.8 Å². The van der Waals surface area contributed by atoms with Crippen LogP contribution in [0.15, 0.2) is 78.9 Å². The van der Waals surface area contributed by atoms with Crippen molar-refractivity contribution in [3.05, 3.63) is 84.4 Å². The van der Waals surface area contributed by atoms with E-state index in [0.717, 1.165) is 24.0 Å². The van der Waals surface area contributed by atoms with Gasteiger partial charge in [-0.2, -0.15) is 0 Å². The van der Waals surface area contributed by atoms with Crippen molar-refractivity contribution in [3.63, 3.8) is 0 Å². The van der Waals surface area contributed by atoms with Gasteiger partial charge >= 0.3 is 11.9 Å². The summed E-state index contributed by atoms with van der Waals surface area (Å²) in [4.78, 5) is 34.2. The topological polar surface area (TPSA) is 92.7 Å². The second kappa shape index (κ2) is 20.1. The highest BCUT2D eigenvalue weighted by Crippen LogP contribution is 2.23. The Morgan fingerprint density at radius 1 is 0.718 bits per heavy atom. The molecule has 2 unspecified atom stereocenters. The van der Waals surface area contributed by atoms with Gasteiger partial charge in [0.2, 0.25) is 5.91 Å². The molecule has 0 aromatic heterocycles. The molecule has 0 aliphatic rings. The lowest BCUT2D eigenvalue weighted by Crippen LogP contribution is -2.19. The highest BCUT2D eigenvalue weighted by atomic mass is 16.5. The number of hydrogen-bond acceptors (Lipinski definition) is 4. The van der Waals surface area contributed by atoms with Crippen molar-refractivity contribution in [1.29, 1.82) is 0 Å². The van der Waals surface area contributed by atoms with Gasteiger partial charge in [-0.1, -0.05) is 99.9 Å². The standard InChI is InChI=1S/C24H23NO3.C5H10O2.4CH4/c1-3-17(2)23(26)25-21-13-9-20(10-14-21)24(27)28-22-15-11-19(12-16-22)18-7-5-4-6-8-18;1-3-4(2)5(6)7;;;;/h4-17H,3H2,1-2H3,(H,25,26);4H,3H2,1-2H3,(H,6,7);4*1H4. The first kappa shape index (κ1) is 39.6. The largest absolute Gasteiger partial charge is 0.481 e. The predicted molar refractivity (Wildman–Crippen MR) is 165 cm³/mol. The first-order chi connectivity index (χ1) is 16.7. The Balaban J connectivity index is -0.00000105. The van der Waals surface area contributed by atoms with E-state index in [1.807, 2.05) is 63.2 Å². The Morgan fingerprint density at radius 2 is 1.21 bits per heavy atom. The van der Waals surface area contributed by atoms with E-state index in [4.69, 9.17) is 9.84 Å². The van der Waals surface area contributed by atoms with E-state index >= 15 is 0 Å². The number of esters is 1. The average molecular weight is 540 g/mol. The van der Waals surface area contributed by atoms with Crippen LogP contribution in [-0.4, -0.2) is 23.0 Å². The van der Waals surface area contributed by atoms with Crippen molar-refractivity contribution in [2.75, 3.05) is 5.32 Å². The monoisotopic (exact) mass is 539 g/mol. The minimum Gasteiger partial charge on any atom is -0.481 e. The van der Waals surface area contributed by atoms with Crippen LogP contribution < -0.4 is 10.1 Å². The van der Waals surface area contributed by atoms with Crippen LogP contribution in [0.25, 0.3) is 11.1 Å². The highest BCUT2D eigenvalue weighted by Gasteiger charge is 2.12. The van der Waals surface area contributed by atoms with E-state index < -0.39 is 11.9 Å². The Labute approximate surface area is 236 Å². The number of hydrogen-bond donors (Lipinski definition) is 2. The summed E-state index contributed by atoms with van der Waals surface area (Å²) in [6.45, 7) is 7.40. The summed E-state index contributed by atoms with van der Waals surface area (Å²) in [5.74, 6) is -0.923. The smallest absolute Gasteiger partial charge is 0.343 e. The molecule has 0 spiro atoms. The molecule has 216 valence electrons. The summed E-state index contributed by atoms with van der Waals surface area (Å²) < 4.78 is 5.44. The summed E-state index contributed by atoms with van der Waals surface area (Å²) in [5, 5.41) is 11.0. The predicted octanol–water partition coefficient (Wildman–Crippen LogP) is 9.22. The van der Waals surface area contributed by atoms with Crippen molar-refractivity contribution in [2.24, 2.45) is 11.8 Å². The number of carboxylic acids is 1. The molecular formula is C33H49NO5. The molecule has 2 N–H and O–H groups in total. The fraction of sp³-hybridized carbons (Fsp3) is 0.364. The van der Waals surface area contributed by atoms with Gasteiger partial charge in [-0.05, 0) is 60.4 Å². The van der Waals surface area contributed by atoms with Gasteiger partial charge in [0.1, 0.15) is 5.75 Å². The average Bonchev–Trinajstić information content (AvgIpc) is 2.89. The number of carboxylic acid groups (broad SMARTS) is 1. The number of nitrogens with one attached hydrogen (secondary N) is 1. The van der Waals surface area contributed by atoms with E-state index in [2.05, 4.69) is 5.32 Å². The molecule has 0 heterocycles. The van der Waals surface area contributed by atoms with Gasteiger partial charge in [0.15, 0.2) is 0 Å². The molecule has 3 rings (SSSR count). The number of aliphatic carboxylic acids is 1. The zero-order valence-corrected chi connectivity index (χ0v) is 20.7. The molecule has 1 amide bonds. The van der Waals surface area contributed by atoms with Crippen LogP contribution in [0.5, 0.6) is 5.75 Å². The van der Waals surface area contributed by atoms with Gasteiger partial charge in [0.05, 0.1) is 11.5 Å². The van der Waals surface area contributed by atoms with Gasteiger partial charge in [0, 0.05) is 11.6 Å². The molecule has 0 saturated carbocycles. The van der Waals surface area contributed by atoms with Crippen molar-refractivity contribution in [2.45, 2.75) is 70.2 Å². The minimum atomic E-state index is -0.706. The molecule has 0 radical (unpaired) electrons. The van der Waals surface area contributed by atoms with E-state index in [9.17, 15) is 14.4 Å². The maximum Gasteiger partial charge on any atom is 0.343 e. The fourth-order valence-corrected chi connectivity index (χ4v) is 2.83. The van der Waals surface area contributed by atoms with Gasteiger partial charge < -0.3 is 15.2 Å². The van der Waals surface area contributed by atoms with Gasteiger partial charge in [0.25, 0.3) is 0 Å². The molecular weight excluding hydrogens is 490 g/mol. The number of carbonyl (C=O) groups excluding carboxylic acids is 2. The number of ether oxygens (including phenoxy) is 1. The maximum atomic E-state index is 12.3. The van der Waals surface area contributed by atoms with E-state index in [1.54, 1.807) is 43.3 Å². The molecule has 3 aromatic carbocycles. The molecule has 0 aliphatic heterocycles. The van der Waals surface area contributed by atoms with Crippen molar-refractivity contribution in [1.82, 2.24) is 0 Å². The molecule has 3 aromatic rings. The summed E-state index contributed by atoms with van der Waals surface area (Å²) in [6.07, 6.45) is 1.49. The van der Waals surface area contributed by atoms with Crippen LogP contribution in [-0.2, 0) is 9.59 Å². The molecule has 0 bridgehead atoms. The molecule has 2 atom stereocenters. The Bertz CT molecular complexity index is 1090. The normalized spacial score (nSPS) is 10.7. The third-order valence-corrected chi connectivity index (χ3v) is 5.65. The second-order valence-electron chi connectivity index (χ2n) is 8.30. The van der Waals surface area contributed by atoms with Crippen molar-refractivity contribution in [3.8, 4) is 16.9 Å². The van der Waals surface area contributed by atoms with Gasteiger partial charge in [-0.3, -0.25) is 9.59 Å². The first-order valence-electron chi connectivity index (χ1n) is 11.8. The summed E-state index contributed by atoms with van der Waals surface area (Å²) in [7, 11) is 0. The summed E-state index contributed by atoms with van der Waals surface area (Å²) >= 11 is 0. The SMILES string of the molecule is C.C.C.C.CCC(C)C(=O)Nc1ccc(C(=O)Oc2ccc(-c3ccccc3)cc2)cc1.CCC(C)C(=O)O. The van der Waals surface area contributed by atoms with Crippen LogP contribution in [0.2, 0.25) is 0 Å². The minimum absolute atomic E-state index is 0. The van der Waals surface area contributed by atoms with E-state index in [-0.39, 0.29) is 47.4 Å². The number of amides is 1. The Morgan fingerprint density at radius 3 is 1.64 bits per heavy atom. The van der Waals surface area contributed by atoms with Crippen LogP contribution in [0.1, 0.15) is 80.6 Å². The lowest BCUT2D eigenvalue weighted by atomic mass is 10.1. The Kier molecular flexibility index (Phi) is 20.4. The molecule has 39 heavy (non-hydrogen) atoms. The zero-order valence-electron chi connectivity index (χ0n) is 20.7. The van der Waals surface area contributed by atoms with Crippen LogP contribution >= 0.6 is 0 Å². The van der Waals surface area contributed by atoms with Gasteiger partial charge in [-0.15, -0.1) is 0 Å². The number of benzene rings is 3. The van der Waals surface area contributed by atoms with E-state index in [0.29, 0.717) is 17.0 Å². The van der Waals surface area contributed by atoms with E-state index in [1.165, 1.54) is 0 Å². The van der Waals surface area contributed by atoms with Crippen LogP contribution in [0.3, 0.4) is 0 Å². The number of anilines is 1. The van der Waals surface area contributed by atoms with Crippen molar-refractivity contribution >= 4 is 23.5 Å². The molecule has 0 fully saturated rings. The molecule has 0 aliphatic carbocycles. The molecule has 6 heteroatoms. The molecule has 0 saturated heterocycles. The van der Waals surface area contributed by atoms with Crippen molar-refractivity contribution < 1.29 is 24.2 Å². The lowest BCUT2D eigenvalue weighted by Gasteiger charge is -2.10. The first-order valence-corrected chi connectivity index (χ1v) is 11.8. The zero-order chi connectivity index (χ0) is 25.8. The molecule has 6 nitrogen and oxygen atoms in total. The quantitative estimate of drug-likeness (QED) is 0.220. The van der Waals surface area contributed by atoms with Gasteiger partial charge in [-0.25, -0.2) is 4.79 Å². The number of carbonyl (C=O) groups is 3. The highest BCUT2D eigenvalue weighted by molar-refractivity contribution is 5.94. The lowest BCUT2D eigenvalue weighted by molar-refractivity contribution is -0.141. The third-order valence-electron chi connectivity index (χ3n) is 5.65. The maximum absolute atomic E-state index is 12.3. The third kappa shape index (κ3) is 12.9. The summed E-state index contributed by atoms with van der Waals surface area (Å²) in [5.41, 5.74) is 3.25. The summed E-state index contributed by atoms with van der Waals surface area (Å²) in [6, 6.07) is 24.1. The second-order valence-corrected chi connectivity index (χ2v) is 8.30. The van der Waals surface area contributed by atoms with Crippen LogP contribution in [0.4, 0.5) is 5.69 Å². The fourth-order valence-electron chi connectivity index (χ4n) is 2.83.